The normalized spacial score (nSPS) is 10.4. The lowest BCUT2D eigenvalue weighted by atomic mass is 10.0. The Morgan fingerprint density at radius 2 is 1.81 bits per heavy atom. The Hall–Kier alpha value is -1.32. The molecule has 2 aromatic rings. The number of rotatable bonds is 2. The average Bonchev–Trinajstić information content (AvgIpc) is 2.29. The van der Waals surface area contributed by atoms with Crippen LogP contribution in [0.3, 0.4) is 0 Å². The van der Waals surface area contributed by atoms with Crippen LogP contribution in [-0.4, -0.2) is 5.11 Å². The first-order valence-corrected chi connectivity index (χ1v) is 5.78. The fourth-order valence-corrected chi connectivity index (χ4v) is 2.00. The summed E-state index contributed by atoms with van der Waals surface area (Å²) < 4.78 is 1.03. The molecule has 0 saturated heterocycles. The van der Waals surface area contributed by atoms with Crippen molar-refractivity contribution in [1.29, 1.82) is 0 Å². The first kappa shape index (κ1) is 11.2. The molecule has 0 spiro atoms. The summed E-state index contributed by atoms with van der Waals surface area (Å²) in [5, 5.41) is 9.55. The predicted octanol–water partition coefficient (Wildman–Crippen LogP) is 3.28. The van der Waals surface area contributed by atoms with E-state index in [0.29, 0.717) is 6.54 Å². The molecule has 0 aliphatic heterocycles. The summed E-state index contributed by atoms with van der Waals surface area (Å²) in [6.07, 6.45) is 0. The third-order valence-electron chi connectivity index (χ3n) is 2.46. The van der Waals surface area contributed by atoms with Gasteiger partial charge in [-0.25, -0.2) is 0 Å². The quantitative estimate of drug-likeness (QED) is 0.885. The fourth-order valence-electron chi connectivity index (χ4n) is 1.60. The minimum atomic E-state index is 0.251. The summed E-state index contributed by atoms with van der Waals surface area (Å²) in [5.41, 5.74) is 8.48. The molecule has 82 valence electrons. The van der Waals surface area contributed by atoms with Gasteiger partial charge in [-0.2, -0.15) is 0 Å². The van der Waals surface area contributed by atoms with Crippen LogP contribution in [0.1, 0.15) is 5.56 Å². The van der Waals surface area contributed by atoms with E-state index in [0.717, 1.165) is 21.2 Å². The molecule has 2 nitrogen and oxygen atoms in total. The lowest BCUT2D eigenvalue weighted by Gasteiger charge is -2.06. The van der Waals surface area contributed by atoms with Crippen LogP contribution in [0, 0.1) is 0 Å². The van der Waals surface area contributed by atoms with Crippen LogP contribution < -0.4 is 5.73 Å². The van der Waals surface area contributed by atoms with Crippen LogP contribution in [0.4, 0.5) is 0 Å². The number of phenolic OH excluding ortho intramolecular Hbond substituents is 1. The number of hydrogen-bond donors (Lipinski definition) is 2. The Kier molecular flexibility index (Phi) is 3.27. The highest BCUT2D eigenvalue weighted by molar-refractivity contribution is 9.10. The van der Waals surface area contributed by atoms with E-state index in [4.69, 9.17) is 5.73 Å². The third-order valence-corrected chi connectivity index (χ3v) is 2.95. The van der Waals surface area contributed by atoms with Crippen LogP contribution >= 0.6 is 15.9 Å². The molecule has 0 radical (unpaired) electrons. The third kappa shape index (κ3) is 2.26. The molecule has 0 aliphatic rings. The molecule has 0 aromatic heterocycles. The molecule has 0 bridgehead atoms. The molecule has 0 amide bonds. The van der Waals surface area contributed by atoms with Crippen molar-refractivity contribution >= 4 is 15.9 Å². The maximum atomic E-state index is 9.55. The highest BCUT2D eigenvalue weighted by Gasteiger charge is 2.03. The number of halogens is 1. The Balaban J connectivity index is 2.48. The molecule has 3 N–H and O–H groups in total. The highest BCUT2D eigenvalue weighted by atomic mass is 79.9. The Morgan fingerprint density at radius 1 is 1.06 bits per heavy atom. The molecular weight excluding hydrogens is 266 g/mol. The van der Waals surface area contributed by atoms with Gasteiger partial charge in [-0.3, -0.25) is 0 Å². The summed E-state index contributed by atoms with van der Waals surface area (Å²) in [4.78, 5) is 0. The van der Waals surface area contributed by atoms with E-state index in [2.05, 4.69) is 15.9 Å². The van der Waals surface area contributed by atoms with Crippen molar-refractivity contribution in [2.75, 3.05) is 0 Å². The lowest BCUT2D eigenvalue weighted by molar-refractivity contribution is 0.468. The molecule has 2 aromatic carbocycles. The average molecular weight is 278 g/mol. The summed E-state index contributed by atoms with van der Waals surface area (Å²) in [6.45, 7) is 0.341. The van der Waals surface area contributed by atoms with Gasteiger partial charge in [0.1, 0.15) is 5.75 Å². The van der Waals surface area contributed by atoms with E-state index in [1.807, 2.05) is 36.4 Å². The molecule has 0 heterocycles. The van der Waals surface area contributed by atoms with E-state index < -0.39 is 0 Å². The van der Waals surface area contributed by atoms with Crippen LogP contribution in [0.2, 0.25) is 0 Å². The van der Waals surface area contributed by atoms with Gasteiger partial charge in [-0.05, 0) is 35.4 Å². The smallest absolute Gasteiger partial charge is 0.120 e. The van der Waals surface area contributed by atoms with Gasteiger partial charge in [0.25, 0.3) is 0 Å². The maximum absolute atomic E-state index is 9.55. The van der Waals surface area contributed by atoms with Gasteiger partial charge in [0.15, 0.2) is 0 Å². The fraction of sp³-hybridized carbons (Fsp3) is 0.0769. The Morgan fingerprint density at radius 3 is 2.50 bits per heavy atom. The molecule has 0 unspecified atom stereocenters. The van der Waals surface area contributed by atoms with Crippen molar-refractivity contribution in [3.05, 3.63) is 52.5 Å². The second-order valence-electron chi connectivity index (χ2n) is 3.56. The minimum Gasteiger partial charge on any atom is -0.508 e. The van der Waals surface area contributed by atoms with E-state index >= 15 is 0 Å². The van der Waals surface area contributed by atoms with Crippen molar-refractivity contribution in [2.24, 2.45) is 5.73 Å². The van der Waals surface area contributed by atoms with E-state index in [1.54, 1.807) is 6.07 Å². The SMILES string of the molecule is NCc1cc(-c2cccc(Br)c2)ccc1O. The summed E-state index contributed by atoms with van der Waals surface area (Å²) in [5.74, 6) is 0.251. The topological polar surface area (TPSA) is 46.2 Å². The van der Waals surface area contributed by atoms with Crippen LogP contribution in [-0.2, 0) is 6.54 Å². The molecule has 0 aliphatic carbocycles. The monoisotopic (exact) mass is 277 g/mol. The number of nitrogens with two attached hydrogens (primary N) is 1. The van der Waals surface area contributed by atoms with Gasteiger partial charge in [0, 0.05) is 16.6 Å². The zero-order valence-corrected chi connectivity index (χ0v) is 10.2. The number of aromatic hydroxyl groups is 1. The maximum Gasteiger partial charge on any atom is 0.120 e. The van der Waals surface area contributed by atoms with Gasteiger partial charge >= 0.3 is 0 Å². The molecule has 0 saturated carbocycles. The molecular formula is C13H12BrNO. The van der Waals surface area contributed by atoms with E-state index in [9.17, 15) is 5.11 Å². The van der Waals surface area contributed by atoms with E-state index in [-0.39, 0.29) is 5.75 Å². The van der Waals surface area contributed by atoms with Crippen molar-refractivity contribution in [3.63, 3.8) is 0 Å². The Bertz CT molecular complexity index is 511. The standard InChI is InChI=1S/C13H12BrNO/c14-12-3-1-2-9(7-12)10-4-5-13(16)11(6-10)8-15/h1-7,16H,8,15H2. The van der Waals surface area contributed by atoms with Crippen molar-refractivity contribution in [1.82, 2.24) is 0 Å². The van der Waals surface area contributed by atoms with E-state index in [1.165, 1.54) is 0 Å². The van der Waals surface area contributed by atoms with Crippen LogP contribution in [0.25, 0.3) is 11.1 Å². The second-order valence-corrected chi connectivity index (χ2v) is 4.47. The van der Waals surface area contributed by atoms with Gasteiger partial charge in [-0.15, -0.1) is 0 Å². The van der Waals surface area contributed by atoms with Crippen molar-refractivity contribution in [3.8, 4) is 16.9 Å². The second kappa shape index (κ2) is 4.68. The molecule has 16 heavy (non-hydrogen) atoms. The Labute approximate surface area is 103 Å². The van der Waals surface area contributed by atoms with Gasteiger partial charge in [0.05, 0.1) is 0 Å². The molecule has 0 fully saturated rings. The molecule has 2 rings (SSSR count). The largest absolute Gasteiger partial charge is 0.508 e. The number of phenols is 1. The molecule has 3 heteroatoms. The van der Waals surface area contributed by atoms with Gasteiger partial charge in [0.2, 0.25) is 0 Å². The minimum absolute atomic E-state index is 0.251. The zero-order chi connectivity index (χ0) is 11.5. The number of benzene rings is 2. The summed E-state index contributed by atoms with van der Waals surface area (Å²) >= 11 is 3.44. The summed E-state index contributed by atoms with van der Waals surface area (Å²) in [6, 6.07) is 13.5. The van der Waals surface area contributed by atoms with Gasteiger partial charge < -0.3 is 10.8 Å². The lowest BCUT2D eigenvalue weighted by Crippen LogP contribution is -1.96. The molecule has 0 atom stereocenters. The predicted molar refractivity (Wildman–Crippen MR) is 69.1 cm³/mol. The first-order chi connectivity index (χ1) is 7.70. The first-order valence-electron chi connectivity index (χ1n) is 4.98. The highest BCUT2D eigenvalue weighted by Crippen LogP contribution is 2.27. The van der Waals surface area contributed by atoms with Crippen molar-refractivity contribution in [2.45, 2.75) is 6.54 Å². The van der Waals surface area contributed by atoms with Crippen LogP contribution in [0.15, 0.2) is 46.9 Å². The van der Waals surface area contributed by atoms with Gasteiger partial charge in [-0.1, -0.05) is 34.1 Å². The summed E-state index contributed by atoms with van der Waals surface area (Å²) in [7, 11) is 0. The zero-order valence-electron chi connectivity index (χ0n) is 8.65. The van der Waals surface area contributed by atoms with Crippen molar-refractivity contribution < 1.29 is 5.11 Å². The van der Waals surface area contributed by atoms with Crippen LogP contribution in [0.5, 0.6) is 5.75 Å². The number of hydrogen-bond acceptors (Lipinski definition) is 2.